The predicted octanol–water partition coefficient (Wildman–Crippen LogP) is 5.61. The van der Waals surface area contributed by atoms with E-state index in [1.54, 1.807) is 0 Å². The Labute approximate surface area is 195 Å². The SMILES string of the molecule is CN(C)c1cc(N[C@H]2CC[C@@H](NC(=O)c3ccc(C(F)(F)F)c(F)c3)CC2)nc2ccccc12. The van der Waals surface area contributed by atoms with Crippen LogP contribution >= 0.6 is 0 Å². The van der Waals surface area contributed by atoms with Gasteiger partial charge in [-0.15, -0.1) is 0 Å². The van der Waals surface area contributed by atoms with Gasteiger partial charge in [-0.3, -0.25) is 4.79 Å². The van der Waals surface area contributed by atoms with Gasteiger partial charge in [-0.2, -0.15) is 13.2 Å². The molecule has 1 aliphatic rings. The fraction of sp³-hybridized carbons (Fsp3) is 0.360. The van der Waals surface area contributed by atoms with Crippen molar-refractivity contribution in [1.82, 2.24) is 10.3 Å². The zero-order valence-corrected chi connectivity index (χ0v) is 18.9. The number of benzene rings is 2. The first-order valence-corrected chi connectivity index (χ1v) is 11.1. The number of halogens is 4. The monoisotopic (exact) mass is 474 g/mol. The number of rotatable bonds is 5. The average molecular weight is 475 g/mol. The molecule has 0 unspecified atom stereocenters. The molecule has 34 heavy (non-hydrogen) atoms. The summed E-state index contributed by atoms with van der Waals surface area (Å²) in [5.74, 6) is -1.24. The first-order valence-electron chi connectivity index (χ1n) is 11.1. The van der Waals surface area contributed by atoms with Crippen LogP contribution in [0.25, 0.3) is 10.9 Å². The van der Waals surface area contributed by atoms with E-state index in [-0.39, 0.29) is 17.6 Å². The van der Waals surface area contributed by atoms with E-state index in [2.05, 4.69) is 10.6 Å². The molecule has 1 aromatic heterocycles. The molecule has 0 aliphatic heterocycles. The maximum Gasteiger partial charge on any atom is 0.419 e. The fourth-order valence-corrected chi connectivity index (χ4v) is 4.35. The van der Waals surface area contributed by atoms with E-state index in [9.17, 15) is 22.4 Å². The lowest BCUT2D eigenvalue weighted by molar-refractivity contribution is -0.140. The Morgan fingerprint density at radius 1 is 1.00 bits per heavy atom. The van der Waals surface area contributed by atoms with Crippen LogP contribution in [-0.4, -0.2) is 37.1 Å². The van der Waals surface area contributed by atoms with Crippen LogP contribution in [-0.2, 0) is 6.18 Å². The minimum absolute atomic E-state index is 0.123. The average Bonchev–Trinajstić information content (AvgIpc) is 2.78. The number of carbonyl (C=O) groups is 1. The van der Waals surface area contributed by atoms with Crippen molar-refractivity contribution in [1.29, 1.82) is 0 Å². The van der Waals surface area contributed by atoms with E-state index in [0.717, 1.165) is 41.3 Å². The molecule has 2 aromatic carbocycles. The summed E-state index contributed by atoms with van der Waals surface area (Å²) in [6.07, 6.45) is -1.82. The van der Waals surface area contributed by atoms with Crippen molar-refractivity contribution in [2.45, 2.75) is 43.9 Å². The Morgan fingerprint density at radius 2 is 1.68 bits per heavy atom. The molecule has 0 bridgehead atoms. The Hall–Kier alpha value is -3.36. The van der Waals surface area contributed by atoms with Crippen molar-refractivity contribution in [2.24, 2.45) is 0 Å². The number of nitrogens with one attached hydrogen (secondary N) is 2. The van der Waals surface area contributed by atoms with Gasteiger partial charge in [-0.05, 0) is 49.9 Å². The van der Waals surface area contributed by atoms with Gasteiger partial charge in [0.15, 0.2) is 0 Å². The molecule has 1 fully saturated rings. The number of aromatic nitrogens is 1. The Kier molecular flexibility index (Phi) is 6.63. The molecule has 180 valence electrons. The maximum atomic E-state index is 13.8. The Bertz CT molecular complexity index is 1190. The summed E-state index contributed by atoms with van der Waals surface area (Å²) in [6, 6.07) is 12.3. The maximum absolute atomic E-state index is 13.8. The van der Waals surface area contributed by atoms with E-state index in [4.69, 9.17) is 4.98 Å². The van der Waals surface area contributed by atoms with Gasteiger partial charge in [0.05, 0.1) is 11.1 Å². The van der Waals surface area contributed by atoms with Crippen LogP contribution in [0.1, 0.15) is 41.6 Å². The molecule has 0 spiro atoms. The molecule has 4 rings (SSSR count). The van der Waals surface area contributed by atoms with Crippen molar-refractivity contribution in [3.8, 4) is 0 Å². The first kappa shape index (κ1) is 23.8. The largest absolute Gasteiger partial charge is 0.419 e. The van der Waals surface area contributed by atoms with Crippen LogP contribution in [0.2, 0.25) is 0 Å². The zero-order chi connectivity index (χ0) is 24.5. The molecule has 0 atom stereocenters. The van der Waals surface area contributed by atoms with Crippen LogP contribution < -0.4 is 15.5 Å². The van der Waals surface area contributed by atoms with E-state index in [1.807, 2.05) is 49.3 Å². The molecule has 1 amide bonds. The summed E-state index contributed by atoms with van der Waals surface area (Å²) in [5.41, 5.74) is 0.469. The minimum atomic E-state index is -4.79. The van der Waals surface area contributed by atoms with Crippen molar-refractivity contribution in [3.63, 3.8) is 0 Å². The highest BCUT2D eigenvalue weighted by Crippen LogP contribution is 2.32. The number of pyridine rings is 1. The van der Waals surface area contributed by atoms with Crippen molar-refractivity contribution < 1.29 is 22.4 Å². The lowest BCUT2D eigenvalue weighted by Gasteiger charge is -2.30. The number of carbonyl (C=O) groups excluding carboxylic acids is 1. The number of fused-ring (bicyclic) bond motifs is 1. The Morgan fingerprint density at radius 3 is 2.32 bits per heavy atom. The van der Waals surface area contributed by atoms with Gasteiger partial charge in [-0.1, -0.05) is 18.2 Å². The topological polar surface area (TPSA) is 57.3 Å². The molecule has 5 nitrogen and oxygen atoms in total. The fourth-order valence-electron chi connectivity index (χ4n) is 4.35. The zero-order valence-electron chi connectivity index (χ0n) is 18.9. The van der Waals surface area contributed by atoms with Crippen LogP contribution in [0.4, 0.5) is 29.1 Å². The summed E-state index contributed by atoms with van der Waals surface area (Å²) in [5, 5.41) is 7.38. The second-order valence-corrected chi connectivity index (χ2v) is 8.80. The molecule has 0 radical (unpaired) electrons. The summed E-state index contributed by atoms with van der Waals surface area (Å²) in [6.45, 7) is 0. The normalized spacial score (nSPS) is 18.5. The number of para-hydroxylation sites is 1. The highest BCUT2D eigenvalue weighted by Gasteiger charge is 2.34. The van der Waals surface area contributed by atoms with Crippen molar-refractivity contribution in [2.75, 3.05) is 24.3 Å². The summed E-state index contributed by atoms with van der Waals surface area (Å²) in [7, 11) is 3.98. The van der Waals surface area contributed by atoms with Crippen LogP contribution in [0.15, 0.2) is 48.5 Å². The van der Waals surface area contributed by atoms with Crippen LogP contribution in [0, 0.1) is 5.82 Å². The molecule has 3 aromatic rings. The molecule has 1 saturated carbocycles. The molecular formula is C25H26F4N4O. The smallest absolute Gasteiger partial charge is 0.377 e. The lowest BCUT2D eigenvalue weighted by Crippen LogP contribution is -2.40. The van der Waals surface area contributed by atoms with Gasteiger partial charge in [0.2, 0.25) is 0 Å². The van der Waals surface area contributed by atoms with E-state index in [1.165, 1.54) is 0 Å². The third-order valence-electron chi connectivity index (χ3n) is 6.13. The van der Waals surface area contributed by atoms with E-state index >= 15 is 0 Å². The summed E-state index contributed by atoms with van der Waals surface area (Å²) >= 11 is 0. The highest BCUT2D eigenvalue weighted by molar-refractivity contribution is 5.94. The number of nitrogens with zero attached hydrogens (tertiary/aromatic N) is 2. The predicted molar refractivity (Wildman–Crippen MR) is 125 cm³/mol. The highest BCUT2D eigenvalue weighted by atomic mass is 19.4. The number of alkyl halides is 3. The van der Waals surface area contributed by atoms with Gasteiger partial charge in [-0.25, -0.2) is 9.37 Å². The van der Waals surface area contributed by atoms with E-state index in [0.29, 0.717) is 25.0 Å². The van der Waals surface area contributed by atoms with Crippen molar-refractivity contribution >= 4 is 28.3 Å². The van der Waals surface area contributed by atoms with Gasteiger partial charge in [0.25, 0.3) is 5.91 Å². The summed E-state index contributed by atoms with van der Waals surface area (Å²) < 4.78 is 52.0. The lowest BCUT2D eigenvalue weighted by atomic mass is 9.91. The van der Waals surface area contributed by atoms with Gasteiger partial charge in [0, 0.05) is 48.9 Å². The number of hydrogen-bond donors (Lipinski definition) is 2. The second-order valence-electron chi connectivity index (χ2n) is 8.80. The number of amides is 1. The van der Waals surface area contributed by atoms with Gasteiger partial charge < -0.3 is 15.5 Å². The standard InChI is InChI=1S/C25H26F4N4O/c1-33(2)22-14-23(32-21-6-4-3-5-18(21)22)30-16-8-10-17(11-9-16)31-24(34)15-7-12-19(20(26)13-15)25(27,28)29/h3-7,12-14,16-17H,8-11H2,1-2H3,(H,30,32)(H,31,34)/t16-,17+. The summed E-state index contributed by atoms with van der Waals surface area (Å²) in [4.78, 5) is 19.2. The number of hydrogen-bond acceptors (Lipinski definition) is 4. The quantitative estimate of drug-likeness (QED) is 0.472. The van der Waals surface area contributed by atoms with E-state index < -0.39 is 23.5 Å². The molecule has 1 aliphatic carbocycles. The Balaban J connectivity index is 1.36. The molecular weight excluding hydrogens is 448 g/mol. The molecule has 0 saturated heterocycles. The molecule has 2 N–H and O–H groups in total. The minimum Gasteiger partial charge on any atom is -0.377 e. The molecule has 9 heteroatoms. The molecule has 1 heterocycles. The van der Waals surface area contributed by atoms with Crippen LogP contribution in [0.5, 0.6) is 0 Å². The third kappa shape index (κ3) is 5.24. The first-order chi connectivity index (χ1) is 16.1. The van der Waals surface area contributed by atoms with Gasteiger partial charge >= 0.3 is 6.18 Å². The number of anilines is 2. The van der Waals surface area contributed by atoms with Crippen LogP contribution in [0.3, 0.4) is 0 Å². The van der Waals surface area contributed by atoms with Gasteiger partial charge in [0.1, 0.15) is 11.6 Å². The second kappa shape index (κ2) is 9.48. The third-order valence-corrected chi connectivity index (χ3v) is 6.13. The van der Waals surface area contributed by atoms with Crippen molar-refractivity contribution in [3.05, 3.63) is 65.5 Å².